The number of hydrogen-bond donors (Lipinski definition) is 2. The van der Waals surface area contributed by atoms with Gasteiger partial charge in [0.2, 0.25) is 0 Å². The number of nitrogens with one attached hydrogen (secondary N) is 2. The zero-order valence-electron chi connectivity index (χ0n) is 14.0. The Morgan fingerprint density at radius 1 is 1.32 bits per heavy atom. The van der Waals surface area contributed by atoms with E-state index in [0.717, 1.165) is 20.4 Å². The van der Waals surface area contributed by atoms with Gasteiger partial charge in [-0.15, -0.1) is 0 Å². The summed E-state index contributed by atoms with van der Waals surface area (Å²) in [5, 5.41) is 15.0. The molecular weight excluding hydrogens is 429 g/mol. The van der Waals surface area contributed by atoms with Crippen molar-refractivity contribution in [2.45, 2.75) is 13.5 Å². The van der Waals surface area contributed by atoms with E-state index in [1.807, 2.05) is 55.5 Å². The molecule has 0 radical (unpaired) electrons. The highest BCUT2D eigenvalue weighted by Crippen LogP contribution is 2.18. The monoisotopic (exact) mass is 447 g/mol. The van der Waals surface area contributed by atoms with Crippen molar-refractivity contribution in [2.24, 2.45) is 0 Å². The second kappa shape index (κ2) is 9.08. The van der Waals surface area contributed by atoms with Crippen molar-refractivity contribution < 1.29 is 9.53 Å². The lowest BCUT2D eigenvalue weighted by Gasteiger charge is -2.09. The molecule has 2 aromatic carbocycles. The van der Waals surface area contributed by atoms with Gasteiger partial charge in [0.25, 0.3) is 5.91 Å². The molecule has 0 unspecified atom stereocenters. The van der Waals surface area contributed by atoms with Crippen molar-refractivity contribution in [3.05, 3.63) is 68.9 Å². The minimum atomic E-state index is -0.440. The van der Waals surface area contributed by atoms with Crippen LogP contribution in [-0.4, -0.2) is 13.0 Å². The number of carbonyl (C=O) groups is 1. The average Bonchev–Trinajstić information content (AvgIpc) is 2.61. The fourth-order valence-electron chi connectivity index (χ4n) is 2.16. The van der Waals surface area contributed by atoms with E-state index in [1.54, 1.807) is 7.11 Å². The van der Waals surface area contributed by atoms with Gasteiger partial charge in [0.05, 0.1) is 7.11 Å². The van der Waals surface area contributed by atoms with Crippen LogP contribution in [0.5, 0.6) is 5.75 Å². The summed E-state index contributed by atoms with van der Waals surface area (Å²) in [6.07, 6.45) is 1.43. The van der Waals surface area contributed by atoms with Gasteiger partial charge in [-0.2, -0.15) is 5.26 Å². The summed E-state index contributed by atoms with van der Waals surface area (Å²) in [5.74, 6) is 0.320. The lowest BCUT2D eigenvalue weighted by molar-refractivity contribution is -0.112. The molecule has 2 aromatic rings. The lowest BCUT2D eigenvalue weighted by Crippen LogP contribution is -2.17. The summed E-state index contributed by atoms with van der Waals surface area (Å²) in [4.78, 5) is 12.3. The first-order valence-electron chi connectivity index (χ1n) is 7.57. The van der Waals surface area contributed by atoms with Crippen molar-refractivity contribution >= 4 is 34.2 Å². The van der Waals surface area contributed by atoms with Crippen LogP contribution in [0.15, 0.2) is 54.2 Å². The van der Waals surface area contributed by atoms with E-state index in [2.05, 4.69) is 33.2 Å². The fourth-order valence-corrected chi connectivity index (χ4v) is 2.81. The number of rotatable bonds is 6. The molecule has 5 nitrogen and oxygen atoms in total. The van der Waals surface area contributed by atoms with Crippen LogP contribution >= 0.6 is 22.6 Å². The average molecular weight is 447 g/mol. The van der Waals surface area contributed by atoms with Crippen molar-refractivity contribution in [3.63, 3.8) is 0 Å². The van der Waals surface area contributed by atoms with E-state index in [9.17, 15) is 10.1 Å². The van der Waals surface area contributed by atoms with Crippen LogP contribution in [0.25, 0.3) is 0 Å². The standard InChI is InChI=1S/C19H18IN3O2/c1-13-8-16(20)6-7-18(13)23-19(24)15(10-21)12-22-11-14-4-3-5-17(9-14)25-2/h3-9,12,22H,11H2,1-2H3,(H,23,24)/b15-12-. The Hall–Kier alpha value is -2.53. The largest absolute Gasteiger partial charge is 0.497 e. The zero-order valence-corrected chi connectivity index (χ0v) is 16.1. The van der Waals surface area contributed by atoms with Gasteiger partial charge < -0.3 is 15.4 Å². The number of carbonyl (C=O) groups excluding carboxylic acids is 1. The Bertz CT molecular complexity index is 841. The second-order valence-corrected chi connectivity index (χ2v) is 6.56. The van der Waals surface area contributed by atoms with Crippen molar-refractivity contribution in [1.29, 1.82) is 5.26 Å². The number of hydrogen-bond acceptors (Lipinski definition) is 4. The SMILES string of the molecule is COc1cccc(CN/C=C(/C#N)C(=O)Nc2ccc(I)cc2C)c1. The molecule has 0 saturated heterocycles. The molecule has 0 atom stereocenters. The minimum absolute atomic E-state index is 0.0147. The van der Waals surface area contributed by atoms with Gasteiger partial charge in [-0.3, -0.25) is 4.79 Å². The first-order chi connectivity index (χ1) is 12.0. The second-order valence-electron chi connectivity index (χ2n) is 5.32. The van der Waals surface area contributed by atoms with E-state index >= 15 is 0 Å². The number of halogens is 1. The van der Waals surface area contributed by atoms with E-state index < -0.39 is 5.91 Å². The highest BCUT2D eigenvalue weighted by atomic mass is 127. The molecule has 0 bridgehead atoms. The Morgan fingerprint density at radius 3 is 2.80 bits per heavy atom. The Labute approximate surface area is 160 Å². The number of amides is 1. The topological polar surface area (TPSA) is 74.1 Å². The summed E-state index contributed by atoms with van der Waals surface area (Å²) < 4.78 is 6.25. The number of aryl methyl sites for hydroxylation is 1. The molecule has 0 fully saturated rings. The zero-order chi connectivity index (χ0) is 18.2. The predicted octanol–water partition coefficient (Wildman–Crippen LogP) is 3.74. The number of nitriles is 1. The smallest absolute Gasteiger partial charge is 0.267 e. The van der Waals surface area contributed by atoms with Crippen LogP contribution in [-0.2, 0) is 11.3 Å². The maximum atomic E-state index is 12.3. The molecule has 0 spiro atoms. The third-order valence-corrected chi connectivity index (χ3v) is 4.16. The Balaban J connectivity index is 2.01. The van der Waals surface area contributed by atoms with E-state index in [1.165, 1.54) is 6.20 Å². The molecule has 0 aliphatic rings. The summed E-state index contributed by atoms with van der Waals surface area (Å²) in [7, 11) is 1.61. The van der Waals surface area contributed by atoms with Gasteiger partial charge in [0.15, 0.2) is 0 Å². The van der Waals surface area contributed by atoms with Crippen LogP contribution in [0.3, 0.4) is 0 Å². The highest BCUT2D eigenvalue weighted by molar-refractivity contribution is 14.1. The maximum absolute atomic E-state index is 12.3. The number of ether oxygens (including phenoxy) is 1. The minimum Gasteiger partial charge on any atom is -0.497 e. The lowest BCUT2D eigenvalue weighted by atomic mass is 10.2. The normalized spacial score (nSPS) is 10.7. The molecule has 6 heteroatoms. The quantitative estimate of drug-likeness (QED) is 0.402. The molecule has 1 amide bonds. The first-order valence-corrected chi connectivity index (χ1v) is 8.65. The van der Waals surface area contributed by atoms with Gasteiger partial charge in [-0.1, -0.05) is 12.1 Å². The molecule has 25 heavy (non-hydrogen) atoms. The van der Waals surface area contributed by atoms with Gasteiger partial charge in [-0.05, 0) is 71.0 Å². The third kappa shape index (κ3) is 5.50. The summed E-state index contributed by atoms with van der Waals surface area (Å²) >= 11 is 2.21. The van der Waals surface area contributed by atoms with E-state index in [-0.39, 0.29) is 5.57 Å². The molecule has 0 aliphatic carbocycles. The summed E-state index contributed by atoms with van der Waals surface area (Å²) in [6, 6.07) is 15.2. The summed E-state index contributed by atoms with van der Waals surface area (Å²) in [5.41, 5.74) is 2.64. The van der Waals surface area contributed by atoms with Gasteiger partial charge in [-0.25, -0.2) is 0 Å². The van der Waals surface area contributed by atoms with Gasteiger partial charge in [0, 0.05) is 22.0 Å². The highest BCUT2D eigenvalue weighted by Gasteiger charge is 2.10. The molecule has 0 aliphatic heterocycles. The number of benzene rings is 2. The van der Waals surface area contributed by atoms with E-state index in [4.69, 9.17) is 4.74 Å². The molecule has 0 saturated carbocycles. The van der Waals surface area contributed by atoms with Crippen molar-refractivity contribution in [3.8, 4) is 11.8 Å². The third-order valence-electron chi connectivity index (χ3n) is 3.49. The molecule has 0 heterocycles. The van der Waals surface area contributed by atoms with E-state index in [0.29, 0.717) is 12.2 Å². The Kier molecular flexibility index (Phi) is 6.83. The molecular formula is C19H18IN3O2. The van der Waals surface area contributed by atoms with Crippen LogP contribution in [0.4, 0.5) is 5.69 Å². The Morgan fingerprint density at radius 2 is 2.12 bits per heavy atom. The predicted molar refractivity (Wildman–Crippen MR) is 106 cm³/mol. The number of nitrogens with zero attached hydrogens (tertiary/aromatic N) is 1. The van der Waals surface area contributed by atoms with Crippen LogP contribution in [0.1, 0.15) is 11.1 Å². The number of anilines is 1. The maximum Gasteiger partial charge on any atom is 0.267 e. The van der Waals surface area contributed by atoms with Gasteiger partial charge in [0.1, 0.15) is 17.4 Å². The number of methoxy groups -OCH3 is 1. The molecule has 0 aromatic heterocycles. The van der Waals surface area contributed by atoms with Crippen LogP contribution < -0.4 is 15.4 Å². The fraction of sp³-hybridized carbons (Fsp3) is 0.158. The van der Waals surface area contributed by atoms with Crippen LogP contribution in [0, 0.1) is 21.8 Å². The van der Waals surface area contributed by atoms with Crippen molar-refractivity contribution in [1.82, 2.24) is 5.32 Å². The van der Waals surface area contributed by atoms with Crippen LogP contribution in [0.2, 0.25) is 0 Å². The molecule has 2 rings (SSSR count). The van der Waals surface area contributed by atoms with Crippen molar-refractivity contribution in [2.75, 3.05) is 12.4 Å². The molecule has 128 valence electrons. The summed E-state index contributed by atoms with van der Waals surface area (Å²) in [6.45, 7) is 2.40. The van der Waals surface area contributed by atoms with Gasteiger partial charge >= 0.3 is 0 Å². The molecule has 2 N–H and O–H groups in total. The first kappa shape index (κ1) is 18.8.